The maximum Gasteiger partial charge on any atom is 0.310 e. The number of ketones is 1. The summed E-state index contributed by atoms with van der Waals surface area (Å²) in [6.07, 6.45) is 14.7. The molecular formula is C39H54O5. The van der Waals surface area contributed by atoms with Crippen molar-refractivity contribution < 1.29 is 24.9 Å². The fraction of sp³-hybridized carbons (Fsp3) is 0.692. The Morgan fingerprint density at radius 1 is 0.886 bits per heavy atom. The lowest BCUT2D eigenvalue weighted by Gasteiger charge is -2.71. The third-order valence-electron chi connectivity index (χ3n) is 14.5. The summed E-state index contributed by atoms with van der Waals surface area (Å²) in [5.41, 5.74) is 0.803. The number of fused-ring (bicyclic) bond motifs is 7. The van der Waals surface area contributed by atoms with Crippen LogP contribution in [0.1, 0.15) is 118 Å². The highest BCUT2D eigenvalue weighted by molar-refractivity contribution is 5.94. The van der Waals surface area contributed by atoms with Crippen LogP contribution in [0.5, 0.6) is 5.75 Å². The first-order valence-corrected chi connectivity index (χ1v) is 17.1. The molecule has 5 aliphatic carbocycles. The first-order chi connectivity index (χ1) is 20.5. The lowest BCUT2D eigenvalue weighted by Crippen LogP contribution is -2.66. The largest absolute Gasteiger partial charge is 0.508 e. The highest BCUT2D eigenvalue weighted by Gasteiger charge is 2.70. The number of phenols is 1. The number of aliphatic hydroxyl groups is 1. The van der Waals surface area contributed by atoms with E-state index in [1.165, 1.54) is 5.57 Å². The summed E-state index contributed by atoms with van der Waals surface area (Å²) in [5.74, 6) is 0.355. The number of hydrogen-bond acceptors (Lipinski definition) is 4. The fourth-order valence-corrected chi connectivity index (χ4v) is 11.9. The molecule has 8 atom stereocenters. The number of hydrogen-bond donors (Lipinski definition) is 3. The molecule has 0 bridgehead atoms. The number of carbonyl (C=O) groups excluding carboxylic acids is 1. The predicted molar refractivity (Wildman–Crippen MR) is 174 cm³/mol. The number of aliphatic hydroxyl groups excluding tert-OH is 1. The predicted octanol–water partition coefficient (Wildman–Crippen LogP) is 8.59. The van der Waals surface area contributed by atoms with Gasteiger partial charge in [0, 0.05) is 11.8 Å². The van der Waals surface area contributed by atoms with Gasteiger partial charge in [-0.3, -0.25) is 9.59 Å². The van der Waals surface area contributed by atoms with Gasteiger partial charge in [-0.2, -0.15) is 0 Å². The maximum atomic E-state index is 14.1. The van der Waals surface area contributed by atoms with E-state index in [9.17, 15) is 24.9 Å². The van der Waals surface area contributed by atoms with Crippen molar-refractivity contribution in [3.05, 3.63) is 47.6 Å². The second-order valence-corrected chi connectivity index (χ2v) is 17.4. The van der Waals surface area contributed by atoms with E-state index in [0.29, 0.717) is 31.1 Å². The molecule has 1 aromatic rings. The maximum absolute atomic E-state index is 14.1. The van der Waals surface area contributed by atoms with Crippen molar-refractivity contribution >= 4 is 17.8 Å². The Bertz CT molecular complexity index is 1390. The van der Waals surface area contributed by atoms with Gasteiger partial charge in [0.25, 0.3) is 0 Å². The summed E-state index contributed by atoms with van der Waals surface area (Å²) in [7, 11) is 0. The van der Waals surface area contributed by atoms with Crippen molar-refractivity contribution in [2.75, 3.05) is 0 Å². The zero-order valence-corrected chi connectivity index (χ0v) is 27.8. The van der Waals surface area contributed by atoms with Gasteiger partial charge in [0.05, 0.1) is 11.5 Å². The van der Waals surface area contributed by atoms with E-state index in [-0.39, 0.29) is 45.2 Å². The molecule has 0 spiro atoms. The summed E-state index contributed by atoms with van der Waals surface area (Å²) in [6.45, 7) is 14.0. The molecule has 6 rings (SSSR count). The second-order valence-electron chi connectivity index (χ2n) is 17.4. The standard InChI is InChI=1S/C39H54O5/c1-34(2)19-20-38(33(43)44)21-22-39(23-27(41)12-9-25-7-10-26(40)11-8-25)28(29(38)24-34)13-14-31-36(5)17-16-32(42)35(3,4)30(36)15-18-37(31,39)6/h7-13,29-32,40,42H,14-24H2,1-6H3,(H,43,44)/b12-9-/t29-,30-,31+,32-,36-,37+,38-,39-/m0/s1. The summed E-state index contributed by atoms with van der Waals surface area (Å²) in [5, 5.41) is 31.6. The van der Waals surface area contributed by atoms with E-state index in [4.69, 9.17) is 0 Å². The summed E-state index contributed by atoms with van der Waals surface area (Å²) in [6, 6.07) is 6.90. The van der Waals surface area contributed by atoms with Crippen molar-refractivity contribution in [2.45, 2.75) is 118 Å². The number of aromatic hydroxyl groups is 1. The average molecular weight is 603 g/mol. The molecule has 0 radical (unpaired) electrons. The number of carboxylic acids is 1. The Morgan fingerprint density at radius 3 is 2.25 bits per heavy atom. The van der Waals surface area contributed by atoms with Crippen LogP contribution < -0.4 is 0 Å². The van der Waals surface area contributed by atoms with Crippen LogP contribution in [0.15, 0.2) is 42.0 Å². The molecule has 0 heterocycles. The van der Waals surface area contributed by atoms with Crippen LogP contribution in [0.2, 0.25) is 0 Å². The number of allylic oxidation sites excluding steroid dienone is 3. The fourth-order valence-electron chi connectivity index (χ4n) is 11.9. The summed E-state index contributed by atoms with van der Waals surface area (Å²) >= 11 is 0. The Balaban J connectivity index is 1.46. The van der Waals surface area contributed by atoms with Crippen LogP contribution in [0, 0.1) is 50.2 Å². The number of aliphatic carboxylic acids is 1. The lowest BCUT2D eigenvalue weighted by atomic mass is 9.32. The van der Waals surface area contributed by atoms with Crippen LogP contribution in [0.4, 0.5) is 0 Å². The molecule has 4 fully saturated rings. The molecule has 4 saturated carbocycles. The minimum absolute atomic E-state index is 0.0445. The molecule has 5 nitrogen and oxygen atoms in total. The van der Waals surface area contributed by atoms with E-state index in [1.54, 1.807) is 18.2 Å². The third-order valence-corrected chi connectivity index (χ3v) is 14.5. The first-order valence-electron chi connectivity index (χ1n) is 17.1. The number of benzene rings is 1. The molecule has 1 aromatic carbocycles. The van der Waals surface area contributed by atoms with Gasteiger partial charge in [0.1, 0.15) is 5.75 Å². The van der Waals surface area contributed by atoms with E-state index in [0.717, 1.165) is 56.9 Å². The molecule has 3 N–H and O–H groups in total. The molecule has 0 saturated heterocycles. The van der Waals surface area contributed by atoms with Crippen LogP contribution >= 0.6 is 0 Å². The van der Waals surface area contributed by atoms with Gasteiger partial charge in [-0.05, 0) is 127 Å². The summed E-state index contributed by atoms with van der Waals surface area (Å²) in [4.78, 5) is 27.3. The van der Waals surface area contributed by atoms with E-state index in [2.05, 4.69) is 47.6 Å². The minimum atomic E-state index is -0.753. The van der Waals surface area contributed by atoms with Gasteiger partial charge >= 0.3 is 5.97 Å². The van der Waals surface area contributed by atoms with Crippen molar-refractivity contribution in [1.29, 1.82) is 0 Å². The van der Waals surface area contributed by atoms with Crippen LogP contribution in [-0.2, 0) is 9.59 Å². The zero-order valence-electron chi connectivity index (χ0n) is 27.8. The monoisotopic (exact) mass is 602 g/mol. The van der Waals surface area contributed by atoms with Gasteiger partial charge < -0.3 is 15.3 Å². The third kappa shape index (κ3) is 4.49. The molecule has 240 valence electrons. The molecule has 5 aliphatic rings. The molecule has 0 amide bonds. The van der Waals surface area contributed by atoms with Gasteiger partial charge in [0.15, 0.2) is 5.78 Å². The lowest BCUT2D eigenvalue weighted by molar-refractivity contribution is -0.209. The molecule has 0 aromatic heterocycles. The van der Waals surface area contributed by atoms with Gasteiger partial charge in [-0.15, -0.1) is 0 Å². The number of rotatable bonds is 5. The molecule has 44 heavy (non-hydrogen) atoms. The molecular weight excluding hydrogens is 548 g/mol. The second kappa shape index (κ2) is 10.3. The Morgan fingerprint density at radius 2 is 1.57 bits per heavy atom. The van der Waals surface area contributed by atoms with Crippen molar-refractivity contribution in [3.63, 3.8) is 0 Å². The van der Waals surface area contributed by atoms with E-state index >= 15 is 0 Å². The average Bonchev–Trinajstić information content (AvgIpc) is 2.95. The summed E-state index contributed by atoms with van der Waals surface area (Å²) < 4.78 is 0. The Hall–Kier alpha value is -2.40. The smallest absolute Gasteiger partial charge is 0.310 e. The highest BCUT2D eigenvalue weighted by atomic mass is 16.4. The van der Waals surface area contributed by atoms with Crippen LogP contribution in [0.25, 0.3) is 6.08 Å². The minimum Gasteiger partial charge on any atom is -0.508 e. The van der Waals surface area contributed by atoms with E-state index < -0.39 is 16.8 Å². The normalized spacial score (nSPS) is 42.3. The molecule has 0 aliphatic heterocycles. The Labute approximate surface area is 264 Å². The van der Waals surface area contributed by atoms with E-state index in [1.807, 2.05) is 18.2 Å². The van der Waals surface area contributed by atoms with Gasteiger partial charge in [-0.25, -0.2) is 0 Å². The number of carbonyl (C=O) groups is 2. The topological polar surface area (TPSA) is 94.8 Å². The van der Waals surface area contributed by atoms with Crippen molar-refractivity contribution in [1.82, 2.24) is 0 Å². The van der Waals surface area contributed by atoms with Crippen LogP contribution in [-0.4, -0.2) is 33.2 Å². The SMILES string of the molecule is CC1(C)CC[C@]2(C(=O)O)CC[C@]3(CC(=O)/C=C\c4ccc(O)cc4)C(=CC[C@@H]4[C@@]5(C)CC[C@H](O)C(C)(C)[C@@H]5CC[C@]43C)[C@@H]2C1. The molecule has 0 unspecified atom stereocenters. The molecule has 5 heteroatoms. The van der Waals surface area contributed by atoms with Gasteiger partial charge in [-0.1, -0.05) is 71.4 Å². The number of phenolic OH excluding ortho intramolecular Hbond substituents is 1. The number of carboxylic acid groups (broad SMARTS) is 1. The van der Waals surface area contributed by atoms with Crippen molar-refractivity contribution in [3.8, 4) is 5.75 Å². The van der Waals surface area contributed by atoms with Gasteiger partial charge in [0.2, 0.25) is 0 Å². The Kier molecular flexibility index (Phi) is 7.40. The zero-order chi connectivity index (χ0) is 31.9. The van der Waals surface area contributed by atoms with Crippen molar-refractivity contribution in [2.24, 2.45) is 50.2 Å². The van der Waals surface area contributed by atoms with Crippen LogP contribution in [0.3, 0.4) is 0 Å². The first kappa shape index (κ1) is 31.6. The highest BCUT2D eigenvalue weighted by Crippen LogP contribution is 2.76. The quantitative estimate of drug-likeness (QED) is 0.232.